The fourth-order valence-electron chi connectivity index (χ4n) is 0.534. The first-order valence-corrected chi connectivity index (χ1v) is 4.55. The molecule has 0 aliphatic rings. The van der Waals surface area contributed by atoms with Crippen LogP contribution in [0.25, 0.3) is 0 Å². The number of carboxylic acids is 4. The maximum absolute atomic E-state index is 9.77. The van der Waals surface area contributed by atoms with Crippen molar-refractivity contribution in [3.8, 4) is 0 Å². The van der Waals surface area contributed by atoms with Gasteiger partial charge >= 0.3 is 47.5 Å². The molecule has 0 saturated heterocycles. The molecule has 12 nitrogen and oxygen atoms in total. The zero-order valence-electron chi connectivity index (χ0n) is 10.8. The van der Waals surface area contributed by atoms with Crippen LogP contribution in [0.4, 0.5) is 0 Å². The number of carbonyl (C=O) groups is 4. The van der Waals surface area contributed by atoms with Gasteiger partial charge in [0.15, 0.2) is 18.3 Å². The van der Waals surface area contributed by atoms with Crippen LogP contribution in [-0.2, 0) is 36.2 Å². The van der Waals surface area contributed by atoms with Crippen LogP contribution in [0.5, 0.6) is 0 Å². The molecule has 0 aromatic heterocycles. The Morgan fingerprint density at radius 2 is 0.818 bits per heavy atom. The maximum atomic E-state index is 9.77. The van der Waals surface area contributed by atoms with E-state index in [9.17, 15) is 24.3 Å². The molecule has 0 aliphatic carbocycles. The molecular weight excluding hydrogens is 367 g/mol. The molecule has 22 heavy (non-hydrogen) atoms. The van der Waals surface area contributed by atoms with Crippen molar-refractivity contribution in [3.05, 3.63) is 0 Å². The first-order valence-electron chi connectivity index (χ1n) is 4.55. The summed E-state index contributed by atoms with van der Waals surface area (Å²) in [4.78, 5) is 38.9. The molecule has 0 spiro atoms. The fraction of sp³-hybridized carbons (Fsp3) is 0.500. The number of hydrogen-bond donors (Lipinski definition) is 7. The fourth-order valence-corrected chi connectivity index (χ4v) is 0.534. The van der Waals surface area contributed by atoms with Crippen LogP contribution >= 0.6 is 0 Å². The molecule has 4 unspecified atom stereocenters. The molecule has 0 aromatic rings. The van der Waals surface area contributed by atoms with Gasteiger partial charge in [0.25, 0.3) is 0 Å². The predicted molar refractivity (Wildman–Crippen MR) is 51.9 cm³/mol. The molecule has 4 atom stereocenters. The zero-order chi connectivity index (χ0) is 16.6. The average molecular weight is 378 g/mol. The Bertz CT molecular complexity index is 315. The third kappa shape index (κ3) is 11.9. The van der Waals surface area contributed by atoms with Crippen LogP contribution in [0.15, 0.2) is 0 Å². The van der Waals surface area contributed by atoms with Gasteiger partial charge in [-0.2, -0.15) is 0 Å². The van der Waals surface area contributed by atoms with Gasteiger partial charge in [0, 0.05) is 17.1 Å². The Morgan fingerprint density at radius 3 is 0.909 bits per heavy atom. The Hall–Kier alpha value is -0.761. The molecule has 0 heterocycles. The number of aliphatic hydroxyl groups excluding tert-OH is 4. The topological polar surface area (TPSA) is 233 Å². The van der Waals surface area contributed by atoms with Crippen LogP contribution < -0.4 is 34.7 Å². The van der Waals surface area contributed by atoms with Crippen molar-refractivity contribution in [1.29, 1.82) is 0 Å². The van der Waals surface area contributed by atoms with E-state index >= 15 is 0 Å². The molecule has 0 aliphatic heterocycles. The Morgan fingerprint density at radius 1 is 0.636 bits per heavy atom. The summed E-state index contributed by atoms with van der Waals surface area (Å²) in [5, 5.41) is 66.7. The van der Waals surface area contributed by atoms with Crippen LogP contribution in [-0.4, -0.2) is 84.0 Å². The molecular formula is C8H11FeNaO12. The summed E-state index contributed by atoms with van der Waals surface area (Å²) in [5.41, 5.74) is 0. The van der Waals surface area contributed by atoms with Crippen molar-refractivity contribution < 1.29 is 107 Å². The van der Waals surface area contributed by atoms with E-state index < -0.39 is 48.3 Å². The van der Waals surface area contributed by atoms with Crippen LogP contribution in [0.3, 0.4) is 0 Å². The van der Waals surface area contributed by atoms with Gasteiger partial charge in [0.05, 0.1) is 5.97 Å². The number of carbonyl (C=O) groups excluding carboxylic acids is 1. The summed E-state index contributed by atoms with van der Waals surface area (Å²) in [6.07, 6.45) is -9.24. The maximum Gasteiger partial charge on any atom is 1.00 e. The van der Waals surface area contributed by atoms with Crippen molar-refractivity contribution >= 4 is 23.9 Å². The largest absolute Gasteiger partial charge is 1.00 e. The third-order valence-electron chi connectivity index (χ3n) is 1.60. The van der Waals surface area contributed by atoms with E-state index in [4.69, 9.17) is 35.7 Å². The Kier molecular flexibility index (Phi) is 18.5. The van der Waals surface area contributed by atoms with E-state index in [1.54, 1.807) is 0 Å². The van der Waals surface area contributed by atoms with E-state index in [2.05, 4.69) is 0 Å². The standard InChI is InChI=1S/2C4H6O6.Fe.Na/c2*5-1(3(7)8)2(6)4(9)10;;/h2*1-2,5-6H,(H,7,8)(H,9,10);;/q;;;+1/p-1. The SMILES string of the molecule is O=C(O)C(O)C(O)C(=O)O.O=C([O-])C(O)C(O)C(=O)O.[Fe].[Na+]. The third-order valence-corrected chi connectivity index (χ3v) is 1.60. The van der Waals surface area contributed by atoms with E-state index in [0.29, 0.717) is 0 Å². The van der Waals surface area contributed by atoms with E-state index in [0.717, 1.165) is 0 Å². The summed E-state index contributed by atoms with van der Waals surface area (Å²) in [5.74, 6) is -7.36. The predicted octanol–water partition coefficient (Wildman–Crippen LogP) is -8.58. The van der Waals surface area contributed by atoms with E-state index in [-0.39, 0.29) is 46.6 Å². The number of carboxylic acid groups (broad SMARTS) is 4. The average Bonchev–Trinajstić information content (AvgIpc) is 2.35. The molecule has 14 heteroatoms. The normalized spacial score (nSPS) is 14.4. The first-order chi connectivity index (χ1) is 8.93. The minimum atomic E-state index is -2.38. The second kappa shape index (κ2) is 13.9. The van der Waals surface area contributed by atoms with Gasteiger partial charge < -0.3 is 45.6 Å². The Labute approximate surface area is 154 Å². The molecule has 0 saturated carbocycles. The van der Waals surface area contributed by atoms with Crippen molar-refractivity contribution in [1.82, 2.24) is 0 Å². The summed E-state index contributed by atoms with van der Waals surface area (Å²) in [6.45, 7) is 0. The summed E-state index contributed by atoms with van der Waals surface area (Å²) >= 11 is 0. The molecule has 0 radical (unpaired) electrons. The van der Waals surface area contributed by atoms with E-state index in [1.165, 1.54) is 0 Å². The van der Waals surface area contributed by atoms with Crippen molar-refractivity contribution in [2.45, 2.75) is 24.4 Å². The number of aliphatic hydroxyl groups is 4. The van der Waals surface area contributed by atoms with Crippen LogP contribution in [0.2, 0.25) is 0 Å². The second-order valence-electron chi connectivity index (χ2n) is 3.11. The molecule has 124 valence electrons. The smallest absolute Gasteiger partial charge is 0.547 e. The second-order valence-corrected chi connectivity index (χ2v) is 3.11. The monoisotopic (exact) mass is 378 g/mol. The van der Waals surface area contributed by atoms with Crippen molar-refractivity contribution in [2.24, 2.45) is 0 Å². The molecule has 0 rings (SSSR count). The Balaban J connectivity index is -0.000000135. The minimum Gasteiger partial charge on any atom is -0.547 e. The molecule has 7 N–H and O–H groups in total. The van der Waals surface area contributed by atoms with Crippen LogP contribution in [0, 0.1) is 0 Å². The summed E-state index contributed by atoms with van der Waals surface area (Å²) in [6, 6.07) is 0. The van der Waals surface area contributed by atoms with Gasteiger partial charge in [-0.25, -0.2) is 14.4 Å². The zero-order valence-corrected chi connectivity index (χ0v) is 13.9. The minimum absolute atomic E-state index is 0. The van der Waals surface area contributed by atoms with Gasteiger partial charge in [-0.1, -0.05) is 0 Å². The van der Waals surface area contributed by atoms with Gasteiger partial charge in [-0.15, -0.1) is 0 Å². The summed E-state index contributed by atoms with van der Waals surface area (Å²) in [7, 11) is 0. The quantitative estimate of drug-likeness (QED) is 0.214. The van der Waals surface area contributed by atoms with Gasteiger partial charge in [0.1, 0.15) is 6.10 Å². The first kappa shape index (κ1) is 29.3. The molecule has 0 aromatic carbocycles. The van der Waals surface area contributed by atoms with Crippen LogP contribution in [0.1, 0.15) is 0 Å². The summed E-state index contributed by atoms with van der Waals surface area (Å²) < 4.78 is 0. The number of hydrogen-bond acceptors (Lipinski definition) is 9. The number of aliphatic carboxylic acids is 4. The van der Waals surface area contributed by atoms with Gasteiger partial charge in [-0.05, 0) is 0 Å². The number of rotatable bonds is 6. The van der Waals surface area contributed by atoms with Crippen molar-refractivity contribution in [2.75, 3.05) is 0 Å². The van der Waals surface area contributed by atoms with E-state index in [1.807, 2.05) is 0 Å². The molecule has 0 bridgehead atoms. The molecule has 0 fully saturated rings. The van der Waals surface area contributed by atoms with Crippen molar-refractivity contribution in [3.63, 3.8) is 0 Å². The van der Waals surface area contributed by atoms with Gasteiger partial charge in [-0.3, -0.25) is 0 Å². The van der Waals surface area contributed by atoms with Gasteiger partial charge in [0.2, 0.25) is 0 Å². The molecule has 0 amide bonds.